The number of benzene rings is 1. The molecule has 2 saturated heterocycles. The molecule has 0 amide bonds. The lowest BCUT2D eigenvalue weighted by molar-refractivity contribution is -0.0106. The summed E-state index contributed by atoms with van der Waals surface area (Å²) in [5.74, 6) is 0.875. The molecule has 29 heavy (non-hydrogen) atoms. The molecule has 0 spiro atoms. The summed E-state index contributed by atoms with van der Waals surface area (Å²) in [5, 5.41) is 17.0. The lowest BCUT2D eigenvalue weighted by atomic mass is 9.81. The number of aliphatic hydroxyl groups excluding tert-OH is 1. The lowest BCUT2D eigenvalue weighted by Gasteiger charge is -2.38. The van der Waals surface area contributed by atoms with Gasteiger partial charge in [0.1, 0.15) is 0 Å². The molecule has 2 fully saturated rings. The number of nitrogens with one attached hydrogen (secondary N) is 2. The average molecular weight is 403 g/mol. The Labute approximate surface area is 175 Å². The number of aliphatic hydroxyl groups is 1. The first-order chi connectivity index (χ1) is 14.1. The molecule has 0 aromatic heterocycles. The van der Waals surface area contributed by atoms with Gasteiger partial charge in [-0.1, -0.05) is 30.3 Å². The van der Waals surface area contributed by atoms with Gasteiger partial charge in [0.05, 0.1) is 13.2 Å². The molecule has 2 atom stereocenters. The third-order valence-corrected chi connectivity index (χ3v) is 6.39. The van der Waals surface area contributed by atoms with E-state index in [-0.39, 0.29) is 12.0 Å². The van der Waals surface area contributed by atoms with Gasteiger partial charge < -0.3 is 20.5 Å². The highest BCUT2D eigenvalue weighted by Crippen LogP contribution is 2.30. The van der Waals surface area contributed by atoms with Crippen LogP contribution in [-0.4, -0.2) is 67.5 Å². The minimum atomic E-state index is -0.132. The summed E-state index contributed by atoms with van der Waals surface area (Å²) in [6.07, 6.45) is 3.97. The van der Waals surface area contributed by atoms with Gasteiger partial charge in [0.15, 0.2) is 5.96 Å². The summed E-state index contributed by atoms with van der Waals surface area (Å²) >= 11 is 0. The molecular weight excluding hydrogens is 364 g/mol. The Balaban J connectivity index is 1.54. The van der Waals surface area contributed by atoms with Gasteiger partial charge >= 0.3 is 0 Å². The van der Waals surface area contributed by atoms with Crippen LogP contribution in [0, 0.1) is 5.41 Å². The second-order valence-corrected chi connectivity index (χ2v) is 8.64. The number of aliphatic imine (C=N–C) groups is 1. The molecule has 2 aliphatic heterocycles. The third kappa shape index (κ3) is 6.43. The van der Waals surface area contributed by atoms with Crippen LogP contribution in [0.5, 0.6) is 0 Å². The minimum absolute atomic E-state index is 0.132. The van der Waals surface area contributed by atoms with Gasteiger partial charge in [-0.05, 0) is 45.1 Å². The van der Waals surface area contributed by atoms with Crippen molar-refractivity contribution in [2.24, 2.45) is 10.4 Å². The Bertz CT molecular complexity index is 631. The molecule has 0 aliphatic carbocycles. The first kappa shape index (κ1) is 22.1. The highest BCUT2D eigenvalue weighted by atomic mass is 16.5. The van der Waals surface area contributed by atoms with Crippen molar-refractivity contribution in [3.8, 4) is 0 Å². The fourth-order valence-electron chi connectivity index (χ4n) is 4.34. The summed E-state index contributed by atoms with van der Waals surface area (Å²) < 4.78 is 5.47. The number of likely N-dealkylation sites (tertiary alicyclic amines) is 1. The van der Waals surface area contributed by atoms with Crippen LogP contribution < -0.4 is 10.6 Å². The SMILES string of the molecule is CCNC(=NCC1(CO)CCOCC1)NC1CCN(Cc2ccccc2)C(C)C1. The van der Waals surface area contributed by atoms with E-state index in [1.165, 1.54) is 5.56 Å². The van der Waals surface area contributed by atoms with Crippen molar-refractivity contribution in [3.63, 3.8) is 0 Å². The van der Waals surface area contributed by atoms with E-state index in [0.717, 1.165) is 64.5 Å². The second-order valence-electron chi connectivity index (χ2n) is 8.64. The van der Waals surface area contributed by atoms with Crippen molar-refractivity contribution >= 4 is 5.96 Å². The van der Waals surface area contributed by atoms with Crippen LogP contribution in [-0.2, 0) is 11.3 Å². The molecule has 1 aromatic carbocycles. The number of guanidine groups is 1. The van der Waals surface area contributed by atoms with Gasteiger partial charge in [0, 0.05) is 50.3 Å². The lowest BCUT2D eigenvalue weighted by Crippen LogP contribution is -2.51. The quantitative estimate of drug-likeness (QED) is 0.483. The molecule has 162 valence electrons. The van der Waals surface area contributed by atoms with E-state index in [4.69, 9.17) is 9.73 Å². The summed E-state index contributed by atoms with van der Waals surface area (Å²) in [7, 11) is 0. The maximum absolute atomic E-state index is 9.92. The molecule has 2 heterocycles. The highest BCUT2D eigenvalue weighted by molar-refractivity contribution is 5.80. The Hall–Kier alpha value is -1.63. The Morgan fingerprint density at radius 3 is 2.69 bits per heavy atom. The fourth-order valence-corrected chi connectivity index (χ4v) is 4.34. The molecule has 1 aromatic rings. The predicted octanol–water partition coefficient (Wildman–Crippen LogP) is 2.38. The average Bonchev–Trinajstić information content (AvgIpc) is 2.75. The molecule has 2 aliphatic rings. The van der Waals surface area contributed by atoms with Crippen LogP contribution in [0.25, 0.3) is 0 Å². The van der Waals surface area contributed by atoms with Gasteiger partial charge in [-0.25, -0.2) is 0 Å². The fraction of sp³-hybridized carbons (Fsp3) is 0.696. The molecule has 0 bridgehead atoms. The van der Waals surface area contributed by atoms with Crippen LogP contribution in [0.4, 0.5) is 0 Å². The molecule has 0 saturated carbocycles. The van der Waals surface area contributed by atoms with E-state index < -0.39 is 0 Å². The maximum Gasteiger partial charge on any atom is 0.191 e. The molecular formula is C23H38N4O2. The largest absolute Gasteiger partial charge is 0.396 e. The zero-order valence-corrected chi connectivity index (χ0v) is 18.1. The number of hydrogen-bond donors (Lipinski definition) is 3. The molecule has 2 unspecified atom stereocenters. The zero-order valence-electron chi connectivity index (χ0n) is 18.1. The number of piperidine rings is 1. The zero-order chi connectivity index (χ0) is 20.5. The van der Waals surface area contributed by atoms with E-state index in [9.17, 15) is 5.11 Å². The number of hydrogen-bond acceptors (Lipinski definition) is 4. The van der Waals surface area contributed by atoms with Gasteiger partial charge in [-0.2, -0.15) is 0 Å². The van der Waals surface area contributed by atoms with Crippen molar-refractivity contribution in [1.82, 2.24) is 15.5 Å². The number of ether oxygens (including phenoxy) is 1. The third-order valence-electron chi connectivity index (χ3n) is 6.39. The molecule has 6 nitrogen and oxygen atoms in total. The minimum Gasteiger partial charge on any atom is -0.396 e. The predicted molar refractivity (Wildman–Crippen MR) is 118 cm³/mol. The van der Waals surface area contributed by atoms with Crippen molar-refractivity contribution < 1.29 is 9.84 Å². The van der Waals surface area contributed by atoms with Crippen molar-refractivity contribution in [1.29, 1.82) is 0 Å². The van der Waals surface area contributed by atoms with Crippen LogP contribution in [0.1, 0.15) is 45.1 Å². The van der Waals surface area contributed by atoms with E-state index in [2.05, 4.69) is 59.7 Å². The van der Waals surface area contributed by atoms with E-state index in [0.29, 0.717) is 18.6 Å². The summed E-state index contributed by atoms with van der Waals surface area (Å²) in [4.78, 5) is 7.42. The van der Waals surface area contributed by atoms with Crippen molar-refractivity contribution in [2.45, 2.75) is 58.2 Å². The molecule has 6 heteroatoms. The van der Waals surface area contributed by atoms with Crippen LogP contribution in [0.15, 0.2) is 35.3 Å². The highest BCUT2D eigenvalue weighted by Gasteiger charge is 2.32. The van der Waals surface area contributed by atoms with Gasteiger partial charge in [0.25, 0.3) is 0 Å². The topological polar surface area (TPSA) is 69.1 Å². The normalized spacial score (nSPS) is 25.6. The number of rotatable bonds is 7. The monoisotopic (exact) mass is 402 g/mol. The standard InChI is InChI=1S/C23H38N4O2/c1-3-24-22(25-17-23(18-28)10-13-29-14-11-23)26-21-9-12-27(19(2)15-21)16-20-7-5-4-6-8-20/h4-8,19,21,28H,3,9-18H2,1-2H3,(H2,24,25,26). The van der Waals surface area contributed by atoms with Crippen LogP contribution >= 0.6 is 0 Å². The van der Waals surface area contributed by atoms with E-state index in [1.807, 2.05) is 0 Å². The Morgan fingerprint density at radius 2 is 2.03 bits per heavy atom. The summed E-state index contributed by atoms with van der Waals surface area (Å²) in [6, 6.07) is 11.7. The van der Waals surface area contributed by atoms with E-state index >= 15 is 0 Å². The first-order valence-electron chi connectivity index (χ1n) is 11.2. The van der Waals surface area contributed by atoms with Gasteiger partial charge in [-0.15, -0.1) is 0 Å². The van der Waals surface area contributed by atoms with Gasteiger partial charge in [-0.3, -0.25) is 9.89 Å². The molecule has 3 N–H and O–H groups in total. The Morgan fingerprint density at radius 1 is 1.28 bits per heavy atom. The molecule has 3 rings (SSSR count). The maximum atomic E-state index is 9.92. The second kappa shape index (κ2) is 11.0. The van der Waals surface area contributed by atoms with Crippen LogP contribution in [0.3, 0.4) is 0 Å². The Kier molecular flexibility index (Phi) is 8.33. The van der Waals surface area contributed by atoms with Crippen molar-refractivity contribution in [2.75, 3.05) is 39.5 Å². The smallest absolute Gasteiger partial charge is 0.191 e. The van der Waals surface area contributed by atoms with E-state index in [1.54, 1.807) is 0 Å². The summed E-state index contributed by atoms with van der Waals surface area (Å²) in [6.45, 7) is 9.62. The molecule has 0 radical (unpaired) electrons. The van der Waals surface area contributed by atoms with Crippen molar-refractivity contribution in [3.05, 3.63) is 35.9 Å². The summed E-state index contributed by atoms with van der Waals surface area (Å²) in [5.41, 5.74) is 1.25. The first-order valence-corrected chi connectivity index (χ1v) is 11.2. The van der Waals surface area contributed by atoms with Crippen LogP contribution in [0.2, 0.25) is 0 Å². The number of nitrogens with zero attached hydrogens (tertiary/aromatic N) is 2. The van der Waals surface area contributed by atoms with Gasteiger partial charge in [0.2, 0.25) is 0 Å².